The van der Waals surface area contributed by atoms with E-state index in [4.69, 9.17) is 10.5 Å². The molecule has 13 heavy (non-hydrogen) atoms. The third-order valence-electron chi connectivity index (χ3n) is 1.86. The van der Waals surface area contributed by atoms with Gasteiger partial charge in [0.1, 0.15) is 11.4 Å². The number of aromatic amines is 1. The molecule has 4 heteroatoms. The molecule has 72 valence electrons. The van der Waals surface area contributed by atoms with E-state index < -0.39 is 0 Å². The predicted molar refractivity (Wildman–Crippen MR) is 51.9 cm³/mol. The van der Waals surface area contributed by atoms with Gasteiger partial charge in [-0.3, -0.25) is 4.79 Å². The van der Waals surface area contributed by atoms with Gasteiger partial charge in [0.05, 0.1) is 6.10 Å². The number of nitrogens with two attached hydrogens (primary N) is 1. The second-order valence-corrected chi connectivity index (χ2v) is 2.92. The summed E-state index contributed by atoms with van der Waals surface area (Å²) in [6.07, 6.45) is 2.48. The highest BCUT2D eigenvalue weighted by Crippen LogP contribution is 2.17. The average Bonchev–Trinajstić information content (AvgIpc) is 2.13. The minimum atomic E-state index is -0.305. The van der Waals surface area contributed by atoms with Crippen LogP contribution in [0.2, 0.25) is 0 Å². The summed E-state index contributed by atoms with van der Waals surface area (Å²) in [7, 11) is 0. The highest BCUT2D eigenvalue weighted by molar-refractivity contribution is 5.49. The Hall–Kier alpha value is -1.45. The van der Waals surface area contributed by atoms with Crippen LogP contribution in [0.4, 0.5) is 5.69 Å². The van der Waals surface area contributed by atoms with E-state index in [1.54, 1.807) is 6.07 Å². The molecule has 0 saturated heterocycles. The van der Waals surface area contributed by atoms with Crippen LogP contribution < -0.4 is 16.0 Å². The highest BCUT2D eigenvalue weighted by atomic mass is 16.5. The summed E-state index contributed by atoms with van der Waals surface area (Å²) < 4.78 is 5.43. The third kappa shape index (κ3) is 2.24. The largest absolute Gasteiger partial charge is 0.488 e. The summed E-state index contributed by atoms with van der Waals surface area (Å²) in [5, 5.41) is 0. The van der Waals surface area contributed by atoms with Gasteiger partial charge in [0.2, 0.25) is 0 Å². The van der Waals surface area contributed by atoms with Crippen molar-refractivity contribution in [1.29, 1.82) is 0 Å². The Morgan fingerprint density at radius 3 is 3.00 bits per heavy atom. The second-order valence-electron chi connectivity index (χ2n) is 2.92. The first-order chi connectivity index (χ1) is 6.15. The maximum atomic E-state index is 11.0. The van der Waals surface area contributed by atoms with Crippen LogP contribution in [0, 0.1) is 0 Å². The quantitative estimate of drug-likeness (QED) is 0.736. The first-order valence-electron chi connectivity index (χ1n) is 4.29. The fraction of sp³-hybridized carbons (Fsp3) is 0.444. The number of hydrogen-bond donors (Lipinski definition) is 2. The van der Waals surface area contributed by atoms with E-state index in [1.807, 2.05) is 13.8 Å². The van der Waals surface area contributed by atoms with E-state index in [0.717, 1.165) is 6.42 Å². The summed E-state index contributed by atoms with van der Waals surface area (Å²) in [5.74, 6) is 0.457. The molecule has 0 saturated carbocycles. The molecule has 0 radical (unpaired) electrons. The number of rotatable bonds is 3. The second kappa shape index (κ2) is 3.98. The molecule has 1 unspecified atom stereocenters. The van der Waals surface area contributed by atoms with E-state index in [2.05, 4.69) is 4.98 Å². The molecule has 0 aliphatic rings. The van der Waals surface area contributed by atoms with Crippen LogP contribution in [-0.2, 0) is 0 Å². The average molecular weight is 182 g/mol. The van der Waals surface area contributed by atoms with Crippen LogP contribution in [0.1, 0.15) is 20.3 Å². The van der Waals surface area contributed by atoms with Gasteiger partial charge in [-0.05, 0) is 19.4 Å². The smallest absolute Gasteiger partial charge is 0.274 e. The Labute approximate surface area is 76.7 Å². The number of pyridine rings is 1. The Morgan fingerprint density at radius 2 is 2.38 bits per heavy atom. The molecule has 0 spiro atoms. The van der Waals surface area contributed by atoms with Crippen molar-refractivity contribution in [2.75, 3.05) is 5.73 Å². The molecule has 1 aromatic rings. The van der Waals surface area contributed by atoms with Gasteiger partial charge in [0, 0.05) is 6.20 Å². The monoisotopic (exact) mass is 182 g/mol. The van der Waals surface area contributed by atoms with Crippen LogP contribution in [0.3, 0.4) is 0 Å². The SMILES string of the molecule is CCC(C)Oc1cc[nH]c(=O)c1N. The van der Waals surface area contributed by atoms with E-state index in [-0.39, 0.29) is 17.4 Å². The summed E-state index contributed by atoms with van der Waals surface area (Å²) in [5.41, 5.74) is 5.35. The van der Waals surface area contributed by atoms with E-state index in [0.29, 0.717) is 5.75 Å². The summed E-state index contributed by atoms with van der Waals surface area (Å²) >= 11 is 0. The van der Waals surface area contributed by atoms with Gasteiger partial charge in [0.15, 0.2) is 0 Å². The molecule has 0 amide bonds. The van der Waals surface area contributed by atoms with Crippen LogP contribution in [-0.4, -0.2) is 11.1 Å². The standard InChI is InChI=1S/C9H14N2O2/c1-3-6(2)13-7-4-5-11-9(12)8(7)10/h4-6H,3,10H2,1-2H3,(H,11,12). The maximum Gasteiger partial charge on any atom is 0.274 e. The molecule has 1 aromatic heterocycles. The topological polar surface area (TPSA) is 68.1 Å². The van der Waals surface area contributed by atoms with Crippen molar-refractivity contribution in [1.82, 2.24) is 4.98 Å². The van der Waals surface area contributed by atoms with Gasteiger partial charge in [0.25, 0.3) is 5.56 Å². The molecule has 0 bridgehead atoms. The molecule has 3 N–H and O–H groups in total. The van der Waals surface area contributed by atoms with Crippen LogP contribution >= 0.6 is 0 Å². The first-order valence-corrected chi connectivity index (χ1v) is 4.29. The number of hydrogen-bond acceptors (Lipinski definition) is 3. The fourth-order valence-electron chi connectivity index (χ4n) is 0.875. The van der Waals surface area contributed by atoms with Crippen molar-refractivity contribution >= 4 is 5.69 Å². The Balaban J connectivity index is 2.89. The van der Waals surface area contributed by atoms with Crippen molar-refractivity contribution in [3.8, 4) is 5.75 Å². The minimum Gasteiger partial charge on any atom is -0.488 e. The fourth-order valence-corrected chi connectivity index (χ4v) is 0.875. The van der Waals surface area contributed by atoms with Gasteiger partial charge >= 0.3 is 0 Å². The van der Waals surface area contributed by atoms with Crippen molar-refractivity contribution in [3.63, 3.8) is 0 Å². The lowest BCUT2D eigenvalue weighted by atomic mass is 10.3. The van der Waals surface area contributed by atoms with E-state index >= 15 is 0 Å². The van der Waals surface area contributed by atoms with Gasteiger partial charge < -0.3 is 15.5 Å². The van der Waals surface area contributed by atoms with Gasteiger partial charge in [-0.25, -0.2) is 0 Å². The lowest BCUT2D eigenvalue weighted by Crippen LogP contribution is -2.16. The number of nitrogen functional groups attached to an aromatic ring is 1. The zero-order chi connectivity index (χ0) is 9.84. The van der Waals surface area contributed by atoms with Crippen LogP contribution in [0.15, 0.2) is 17.1 Å². The van der Waals surface area contributed by atoms with Gasteiger partial charge in [-0.2, -0.15) is 0 Å². The van der Waals surface area contributed by atoms with Crippen molar-refractivity contribution in [2.45, 2.75) is 26.4 Å². The third-order valence-corrected chi connectivity index (χ3v) is 1.86. The zero-order valence-electron chi connectivity index (χ0n) is 7.83. The summed E-state index contributed by atoms with van der Waals surface area (Å²) in [6, 6.07) is 1.66. The van der Waals surface area contributed by atoms with Crippen molar-refractivity contribution in [3.05, 3.63) is 22.6 Å². The molecule has 0 fully saturated rings. The molecule has 1 rings (SSSR count). The number of H-pyrrole nitrogens is 1. The van der Waals surface area contributed by atoms with Crippen LogP contribution in [0.5, 0.6) is 5.75 Å². The molecule has 1 heterocycles. The van der Waals surface area contributed by atoms with Crippen molar-refractivity contribution in [2.24, 2.45) is 0 Å². The number of anilines is 1. The number of nitrogens with one attached hydrogen (secondary N) is 1. The predicted octanol–water partition coefficient (Wildman–Crippen LogP) is 1.13. The van der Waals surface area contributed by atoms with Crippen LogP contribution in [0.25, 0.3) is 0 Å². The van der Waals surface area contributed by atoms with Gasteiger partial charge in [-0.15, -0.1) is 0 Å². The summed E-state index contributed by atoms with van der Waals surface area (Å²) in [6.45, 7) is 3.94. The van der Waals surface area contributed by atoms with E-state index in [9.17, 15) is 4.79 Å². The molecule has 4 nitrogen and oxygen atoms in total. The molecule has 0 aliphatic carbocycles. The highest BCUT2D eigenvalue weighted by Gasteiger charge is 2.06. The molecule has 0 aromatic carbocycles. The number of ether oxygens (including phenoxy) is 1. The Morgan fingerprint density at radius 1 is 1.69 bits per heavy atom. The Bertz CT molecular complexity index is 333. The van der Waals surface area contributed by atoms with E-state index in [1.165, 1.54) is 6.20 Å². The number of aromatic nitrogens is 1. The lowest BCUT2D eigenvalue weighted by molar-refractivity contribution is 0.218. The molecule has 0 aliphatic heterocycles. The van der Waals surface area contributed by atoms with Crippen molar-refractivity contribution < 1.29 is 4.74 Å². The zero-order valence-corrected chi connectivity index (χ0v) is 7.83. The minimum absolute atomic E-state index is 0.0732. The first kappa shape index (κ1) is 9.64. The van der Waals surface area contributed by atoms with Gasteiger partial charge in [-0.1, -0.05) is 6.92 Å². The Kier molecular flexibility index (Phi) is 2.95. The molecular formula is C9H14N2O2. The molecule has 1 atom stereocenters. The summed E-state index contributed by atoms with van der Waals surface area (Å²) in [4.78, 5) is 13.5. The lowest BCUT2D eigenvalue weighted by Gasteiger charge is -2.13. The maximum absolute atomic E-state index is 11.0. The normalized spacial score (nSPS) is 12.5. The molecular weight excluding hydrogens is 168 g/mol.